The van der Waals surface area contributed by atoms with Crippen LogP contribution in [-0.4, -0.2) is 40.2 Å². The van der Waals surface area contributed by atoms with Gasteiger partial charge in [0.05, 0.1) is 34.8 Å². The Kier molecular flexibility index (Phi) is 7.97. The number of ether oxygens (including phenoxy) is 1. The number of halogens is 3. The molecule has 1 aromatic carbocycles. The fourth-order valence-electron chi connectivity index (χ4n) is 5.00. The minimum absolute atomic E-state index is 0.0573. The molecule has 208 valence electrons. The van der Waals surface area contributed by atoms with Crippen molar-refractivity contribution < 1.29 is 27.8 Å². The largest absolute Gasteiger partial charge is 0.397 e. The number of carbonyl (C=O) groups is 1. The smallest absolute Gasteiger partial charge is 0.276 e. The zero-order chi connectivity index (χ0) is 28.6. The number of anilines is 2. The molecule has 1 fully saturated rings. The van der Waals surface area contributed by atoms with Crippen molar-refractivity contribution in [3.8, 4) is 11.3 Å². The maximum atomic E-state index is 15.1. The van der Waals surface area contributed by atoms with Crippen LogP contribution in [0, 0.1) is 23.4 Å². The second-order valence-corrected chi connectivity index (χ2v) is 10.5. The minimum atomic E-state index is -1.09. The molecule has 1 saturated carbocycles. The normalized spacial score (nSPS) is 21.6. The molecule has 1 aliphatic rings. The summed E-state index contributed by atoms with van der Waals surface area (Å²) in [6.45, 7) is 5.16. The Morgan fingerprint density at radius 2 is 1.82 bits per heavy atom. The van der Waals surface area contributed by atoms with Crippen molar-refractivity contribution >= 4 is 17.3 Å². The predicted octanol–water partition coefficient (Wildman–Crippen LogP) is 4.48. The summed E-state index contributed by atoms with van der Waals surface area (Å²) < 4.78 is 50.4. The molecule has 11 heteroatoms. The number of aromatic nitrogens is 2. The average molecular weight is 544 g/mol. The third kappa shape index (κ3) is 5.61. The Balaban J connectivity index is 1.69. The first kappa shape index (κ1) is 28.5. The number of hydrogen-bond donors (Lipinski definition) is 4. The number of nitrogen functional groups attached to an aromatic ring is 1. The highest BCUT2D eigenvalue weighted by molar-refractivity contribution is 6.07. The number of carbonyl (C=O) groups excluding carboxylic acids is 1. The Hall–Kier alpha value is -3.54. The summed E-state index contributed by atoms with van der Waals surface area (Å²) in [5.41, 5.74) is 10.2. The van der Waals surface area contributed by atoms with E-state index in [1.807, 2.05) is 6.92 Å². The quantitative estimate of drug-likeness (QED) is 0.360. The second-order valence-electron chi connectivity index (χ2n) is 10.5. The van der Waals surface area contributed by atoms with Crippen molar-refractivity contribution in [2.24, 2.45) is 11.7 Å². The van der Waals surface area contributed by atoms with E-state index in [1.165, 1.54) is 13.3 Å². The lowest BCUT2D eigenvalue weighted by molar-refractivity contribution is 0.0187. The van der Waals surface area contributed by atoms with Crippen LogP contribution in [0.1, 0.15) is 61.1 Å². The van der Waals surface area contributed by atoms with Crippen LogP contribution in [-0.2, 0) is 10.3 Å². The number of hydrogen-bond acceptors (Lipinski definition) is 7. The van der Waals surface area contributed by atoms with Gasteiger partial charge >= 0.3 is 0 Å². The van der Waals surface area contributed by atoms with E-state index >= 15 is 8.78 Å². The number of nitrogens with one attached hydrogen (secondary N) is 1. The first-order chi connectivity index (χ1) is 18.3. The van der Waals surface area contributed by atoms with Gasteiger partial charge in [-0.2, -0.15) is 0 Å². The van der Waals surface area contributed by atoms with E-state index in [4.69, 9.17) is 16.2 Å². The van der Waals surface area contributed by atoms with Gasteiger partial charge in [-0.15, -0.1) is 0 Å². The highest BCUT2D eigenvalue weighted by Gasteiger charge is 2.34. The SMILES string of the molecule is COC(C)(C)c1cc(F)c(-c2nc(C(=O)Nc3cnccc3[C@H]3C[C@@H](N)[C@H](O)[C@@H](C)C3)c(N)cc2F)c(F)c1. The topological polar surface area (TPSA) is 136 Å². The van der Waals surface area contributed by atoms with E-state index < -0.39 is 58.1 Å². The molecule has 0 spiro atoms. The number of benzene rings is 1. The number of rotatable bonds is 6. The van der Waals surface area contributed by atoms with Gasteiger partial charge in [0.2, 0.25) is 0 Å². The summed E-state index contributed by atoms with van der Waals surface area (Å²) in [5, 5.41) is 12.9. The van der Waals surface area contributed by atoms with Crippen molar-refractivity contribution in [3.63, 3.8) is 0 Å². The summed E-state index contributed by atoms with van der Waals surface area (Å²) in [5.74, 6) is -4.17. The molecule has 3 aromatic rings. The summed E-state index contributed by atoms with van der Waals surface area (Å²) in [6.07, 6.45) is 3.53. The molecule has 0 aliphatic heterocycles. The van der Waals surface area contributed by atoms with E-state index in [1.54, 1.807) is 26.1 Å². The fourth-order valence-corrected chi connectivity index (χ4v) is 5.00. The molecular formula is C28H32F3N5O3. The molecular weight excluding hydrogens is 511 g/mol. The number of nitrogens with zero attached hydrogens (tertiary/aromatic N) is 2. The van der Waals surface area contributed by atoms with E-state index in [9.17, 15) is 14.3 Å². The molecule has 0 radical (unpaired) electrons. The Bertz CT molecular complexity index is 1370. The standard InChI is InChI=1S/C28H32F3N5O3/c1-13-7-14(8-21(33)26(13)37)16-5-6-34-12-22(16)35-27(38)25-20(32)11-19(31)24(36-25)23-17(29)9-15(10-18(23)30)28(2,3)39-4/h5-6,9-14,21,26,37H,7-8,32-33H2,1-4H3,(H,35,38)/t13-,14+,21+,26+/m0/s1. The fraction of sp³-hybridized carbons (Fsp3) is 0.393. The van der Waals surface area contributed by atoms with Crippen molar-refractivity contribution in [3.05, 3.63) is 70.9 Å². The zero-order valence-corrected chi connectivity index (χ0v) is 22.1. The third-order valence-corrected chi connectivity index (χ3v) is 7.48. The van der Waals surface area contributed by atoms with E-state index in [0.717, 1.165) is 23.8 Å². The lowest BCUT2D eigenvalue weighted by atomic mass is 9.74. The molecule has 4 atom stereocenters. The van der Waals surface area contributed by atoms with Gasteiger partial charge in [-0.3, -0.25) is 9.78 Å². The highest BCUT2D eigenvalue weighted by Crippen LogP contribution is 2.39. The number of methoxy groups -OCH3 is 1. The van der Waals surface area contributed by atoms with Crippen molar-refractivity contribution in [1.29, 1.82) is 0 Å². The summed E-state index contributed by atoms with van der Waals surface area (Å²) in [4.78, 5) is 21.3. The Labute approximate surface area is 224 Å². The molecule has 6 N–H and O–H groups in total. The van der Waals surface area contributed by atoms with Crippen molar-refractivity contribution in [2.45, 2.75) is 57.3 Å². The van der Waals surface area contributed by atoms with Crippen LogP contribution >= 0.6 is 0 Å². The van der Waals surface area contributed by atoms with Crippen LogP contribution in [0.3, 0.4) is 0 Å². The molecule has 39 heavy (non-hydrogen) atoms. The number of amides is 1. The van der Waals surface area contributed by atoms with Crippen molar-refractivity contribution in [1.82, 2.24) is 9.97 Å². The second kappa shape index (κ2) is 10.9. The van der Waals surface area contributed by atoms with Gasteiger partial charge in [-0.05, 0) is 67.9 Å². The molecule has 0 saturated heterocycles. The summed E-state index contributed by atoms with van der Waals surface area (Å²) in [6, 6.07) is 4.19. The molecule has 0 unspecified atom stereocenters. The first-order valence-electron chi connectivity index (χ1n) is 12.5. The first-order valence-corrected chi connectivity index (χ1v) is 12.5. The van der Waals surface area contributed by atoms with Crippen LogP contribution in [0.4, 0.5) is 24.5 Å². The average Bonchev–Trinajstić information content (AvgIpc) is 2.87. The van der Waals surface area contributed by atoms with Gasteiger partial charge in [-0.25, -0.2) is 18.2 Å². The third-order valence-electron chi connectivity index (χ3n) is 7.48. The van der Waals surface area contributed by atoms with Crippen LogP contribution in [0.25, 0.3) is 11.3 Å². The van der Waals surface area contributed by atoms with E-state index in [-0.39, 0.29) is 23.1 Å². The lowest BCUT2D eigenvalue weighted by Gasteiger charge is -2.36. The van der Waals surface area contributed by atoms with Crippen LogP contribution < -0.4 is 16.8 Å². The number of aliphatic hydroxyl groups is 1. The van der Waals surface area contributed by atoms with Crippen molar-refractivity contribution in [2.75, 3.05) is 18.2 Å². The molecule has 2 aromatic heterocycles. The lowest BCUT2D eigenvalue weighted by Crippen LogP contribution is -2.44. The van der Waals surface area contributed by atoms with Gasteiger partial charge < -0.3 is 26.6 Å². The molecule has 1 amide bonds. The van der Waals surface area contributed by atoms with E-state index in [0.29, 0.717) is 18.5 Å². The maximum Gasteiger partial charge on any atom is 0.276 e. The van der Waals surface area contributed by atoms with Crippen LogP contribution in [0.15, 0.2) is 36.7 Å². The van der Waals surface area contributed by atoms with Gasteiger partial charge in [0.15, 0.2) is 11.5 Å². The molecule has 1 aliphatic carbocycles. The highest BCUT2D eigenvalue weighted by atomic mass is 19.1. The zero-order valence-electron chi connectivity index (χ0n) is 22.1. The monoisotopic (exact) mass is 543 g/mol. The number of pyridine rings is 2. The Morgan fingerprint density at radius 1 is 1.15 bits per heavy atom. The minimum Gasteiger partial charge on any atom is -0.397 e. The summed E-state index contributed by atoms with van der Waals surface area (Å²) >= 11 is 0. The summed E-state index contributed by atoms with van der Waals surface area (Å²) in [7, 11) is 1.40. The number of aliphatic hydroxyl groups excluding tert-OH is 1. The predicted molar refractivity (Wildman–Crippen MR) is 141 cm³/mol. The molecule has 4 rings (SSSR count). The number of nitrogens with two attached hydrogens (primary N) is 2. The van der Waals surface area contributed by atoms with Crippen LogP contribution in [0.5, 0.6) is 0 Å². The van der Waals surface area contributed by atoms with Gasteiger partial charge in [0.1, 0.15) is 17.3 Å². The van der Waals surface area contributed by atoms with Gasteiger partial charge in [0, 0.05) is 25.4 Å². The Morgan fingerprint density at radius 3 is 2.44 bits per heavy atom. The maximum absolute atomic E-state index is 15.1. The molecule has 2 heterocycles. The van der Waals surface area contributed by atoms with Gasteiger partial charge in [-0.1, -0.05) is 6.92 Å². The molecule has 8 nitrogen and oxygen atoms in total. The van der Waals surface area contributed by atoms with Crippen LogP contribution in [0.2, 0.25) is 0 Å². The molecule has 0 bridgehead atoms. The van der Waals surface area contributed by atoms with Gasteiger partial charge in [0.25, 0.3) is 5.91 Å². The van der Waals surface area contributed by atoms with E-state index in [2.05, 4.69) is 15.3 Å².